The number of esters is 1. The standard InChI is InChI=1S/C16H16N4O2/c1-11-10-14(15(21)22-2)20-16(18-11)19-13(8-9-17)12-6-4-3-5-7-12/h3-7,10,13H,8H2,1-2H3,(H,18,19,20). The van der Waals surface area contributed by atoms with Gasteiger partial charge in [-0.05, 0) is 18.6 Å². The van der Waals surface area contributed by atoms with Gasteiger partial charge in [0.1, 0.15) is 0 Å². The Balaban J connectivity index is 2.29. The van der Waals surface area contributed by atoms with Crippen molar-refractivity contribution in [1.82, 2.24) is 9.97 Å². The smallest absolute Gasteiger partial charge is 0.356 e. The average molecular weight is 296 g/mol. The summed E-state index contributed by atoms with van der Waals surface area (Å²) in [6.07, 6.45) is 0.259. The van der Waals surface area contributed by atoms with Crippen LogP contribution in [0.5, 0.6) is 0 Å². The lowest BCUT2D eigenvalue weighted by atomic mass is 10.0. The maximum atomic E-state index is 11.6. The van der Waals surface area contributed by atoms with Crippen molar-refractivity contribution in [2.24, 2.45) is 0 Å². The highest BCUT2D eigenvalue weighted by atomic mass is 16.5. The van der Waals surface area contributed by atoms with Crippen LogP contribution in [0.2, 0.25) is 0 Å². The van der Waals surface area contributed by atoms with E-state index in [1.54, 1.807) is 13.0 Å². The second-order valence-corrected chi connectivity index (χ2v) is 4.68. The zero-order valence-electron chi connectivity index (χ0n) is 12.4. The predicted octanol–water partition coefficient (Wildman–Crippen LogP) is 2.64. The first-order chi connectivity index (χ1) is 10.6. The van der Waals surface area contributed by atoms with E-state index in [1.165, 1.54) is 7.11 Å². The molecule has 1 aromatic carbocycles. The number of rotatable bonds is 5. The molecule has 6 nitrogen and oxygen atoms in total. The number of nitriles is 1. The minimum Gasteiger partial charge on any atom is -0.464 e. The second kappa shape index (κ2) is 7.18. The van der Waals surface area contributed by atoms with Crippen molar-refractivity contribution in [3.63, 3.8) is 0 Å². The molecule has 22 heavy (non-hydrogen) atoms. The largest absolute Gasteiger partial charge is 0.464 e. The van der Waals surface area contributed by atoms with E-state index in [0.29, 0.717) is 11.6 Å². The fourth-order valence-corrected chi connectivity index (χ4v) is 2.03. The van der Waals surface area contributed by atoms with E-state index in [4.69, 9.17) is 5.26 Å². The van der Waals surface area contributed by atoms with E-state index in [0.717, 1.165) is 5.56 Å². The molecule has 112 valence electrons. The number of aryl methyl sites for hydroxylation is 1. The molecule has 0 aliphatic heterocycles. The molecule has 1 atom stereocenters. The normalized spacial score (nSPS) is 11.3. The lowest BCUT2D eigenvalue weighted by Gasteiger charge is -2.16. The molecule has 6 heteroatoms. The van der Waals surface area contributed by atoms with Crippen LogP contribution in [0.1, 0.15) is 34.2 Å². The topological polar surface area (TPSA) is 87.9 Å². The number of aromatic nitrogens is 2. The molecule has 0 aliphatic carbocycles. The van der Waals surface area contributed by atoms with Gasteiger partial charge < -0.3 is 10.1 Å². The van der Waals surface area contributed by atoms with Crippen LogP contribution in [0, 0.1) is 18.3 Å². The number of carbonyl (C=O) groups excluding carboxylic acids is 1. The molecule has 0 aliphatic rings. The van der Waals surface area contributed by atoms with Crippen molar-refractivity contribution in [2.45, 2.75) is 19.4 Å². The highest BCUT2D eigenvalue weighted by Crippen LogP contribution is 2.20. The van der Waals surface area contributed by atoms with E-state index < -0.39 is 5.97 Å². The molecule has 2 aromatic rings. The molecule has 0 bridgehead atoms. The van der Waals surface area contributed by atoms with E-state index >= 15 is 0 Å². The van der Waals surface area contributed by atoms with E-state index in [1.807, 2.05) is 30.3 Å². The van der Waals surface area contributed by atoms with Gasteiger partial charge in [0.2, 0.25) is 5.95 Å². The summed E-state index contributed by atoms with van der Waals surface area (Å²) in [5, 5.41) is 12.1. The lowest BCUT2D eigenvalue weighted by molar-refractivity contribution is 0.0594. The molecule has 0 saturated carbocycles. The summed E-state index contributed by atoms with van der Waals surface area (Å²) in [6.45, 7) is 1.76. The van der Waals surface area contributed by atoms with Gasteiger partial charge in [-0.3, -0.25) is 0 Å². The summed E-state index contributed by atoms with van der Waals surface area (Å²) < 4.78 is 4.67. The average Bonchev–Trinajstić information content (AvgIpc) is 2.54. The third kappa shape index (κ3) is 3.79. The van der Waals surface area contributed by atoms with E-state index in [9.17, 15) is 4.79 Å². The van der Waals surface area contributed by atoms with Gasteiger partial charge in [0.15, 0.2) is 5.69 Å². The summed E-state index contributed by atoms with van der Waals surface area (Å²) in [5.74, 6) is -0.227. The summed E-state index contributed by atoms with van der Waals surface area (Å²) in [4.78, 5) is 20.0. The predicted molar refractivity (Wildman–Crippen MR) is 81.1 cm³/mol. The zero-order chi connectivity index (χ0) is 15.9. The Morgan fingerprint density at radius 1 is 1.36 bits per heavy atom. The Morgan fingerprint density at radius 2 is 2.09 bits per heavy atom. The van der Waals surface area contributed by atoms with Crippen LogP contribution in [0.4, 0.5) is 5.95 Å². The molecule has 0 saturated heterocycles. The first-order valence-electron chi connectivity index (χ1n) is 6.76. The Kier molecular flexibility index (Phi) is 5.04. The van der Waals surface area contributed by atoms with Gasteiger partial charge in [-0.2, -0.15) is 5.26 Å². The van der Waals surface area contributed by atoms with Gasteiger partial charge >= 0.3 is 5.97 Å². The molecular weight excluding hydrogens is 280 g/mol. The maximum absolute atomic E-state index is 11.6. The minimum atomic E-state index is -0.523. The second-order valence-electron chi connectivity index (χ2n) is 4.68. The van der Waals surface area contributed by atoms with Crippen molar-refractivity contribution in [1.29, 1.82) is 5.26 Å². The maximum Gasteiger partial charge on any atom is 0.356 e. The van der Waals surface area contributed by atoms with Gasteiger partial charge in [0.05, 0.1) is 25.6 Å². The van der Waals surface area contributed by atoms with Crippen molar-refractivity contribution in [3.8, 4) is 6.07 Å². The number of hydrogen-bond acceptors (Lipinski definition) is 6. The highest BCUT2D eigenvalue weighted by Gasteiger charge is 2.15. The van der Waals surface area contributed by atoms with Crippen molar-refractivity contribution in [3.05, 3.63) is 53.3 Å². The van der Waals surface area contributed by atoms with Crippen LogP contribution >= 0.6 is 0 Å². The first kappa shape index (κ1) is 15.4. The third-order valence-corrected chi connectivity index (χ3v) is 3.05. The fourth-order valence-electron chi connectivity index (χ4n) is 2.03. The number of methoxy groups -OCH3 is 1. The molecule has 1 N–H and O–H groups in total. The number of nitrogens with zero attached hydrogens (tertiary/aromatic N) is 3. The number of nitrogens with one attached hydrogen (secondary N) is 1. The molecule has 1 aromatic heterocycles. The van der Waals surface area contributed by atoms with Crippen LogP contribution in [0.25, 0.3) is 0 Å². The highest BCUT2D eigenvalue weighted by molar-refractivity contribution is 5.87. The number of anilines is 1. The van der Waals surface area contributed by atoms with Crippen LogP contribution in [0.15, 0.2) is 36.4 Å². The molecule has 0 amide bonds. The van der Waals surface area contributed by atoms with Crippen LogP contribution in [-0.4, -0.2) is 23.0 Å². The first-order valence-corrected chi connectivity index (χ1v) is 6.76. The van der Waals surface area contributed by atoms with Gasteiger partial charge in [-0.1, -0.05) is 30.3 Å². The fraction of sp³-hybridized carbons (Fsp3) is 0.250. The van der Waals surface area contributed by atoms with Crippen LogP contribution < -0.4 is 5.32 Å². The van der Waals surface area contributed by atoms with Crippen LogP contribution in [0.3, 0.4) is 0 Å². The van der Waals surface area contributed by atoms with Gasteiger partial charge in [-0.15, -0.1) is 0 Å². The quantitative estimate of drug-likeness (QED) is 0.853. The third-order valence-electron chi connectivity index (χ3n) is 3.05. The molecule has 0 fully saturated rings. The molecule has 2 rings (SSSR count). The van der Waals surface area contributed by atoms with Crippen molar-refractivity contribution in [2.75, 3.05) is 12.4 Å². The summed E-state index contributed by atoms with van der Waals surface area (Å²) in [5.41, 5.74) is 1.77. The number of ether oxygens (including phenoxy) is 1. The summed E-state index contributed by atoms with van der Waals surface area (Å²) >= 11 is 0. The monoisotopic (exact) mass is 296 g/mol. The minimum absolute atomic E-state index is 0.182. The Hall–Kier alpha value is -2.94. The van der Waals surface area contributed by atoms with E-state index in [-0.39, 0.29) is 18.2 Å². The van der Waals surface area contributed by atoms with Crippen molar-refractivity contribution >= 4 is 11.9 Å². The Bertz CT molecular complexity index is 695. The van der Waals surface area contributed by atoms with Crippen LogP contribution in [-0.2, 0) is 4.74 Å². The molecule has 1 unspecified atom stereocenters. The molecule has 1 heterocycles. The van der Waals surface area contributed by atoms with Crippen molar-refractivity contribution < 1.29 is 9.53 Å². The number of carbonyl (C=O) groups is 1. The molecular formula is C16H16N4O2. The SMILES string of the molecule is COC(=O)c1cc(C)nc(NC(CC#N)c2ccccc2)n1. The Labute approximate surface area is 128 Å². The molecule has 0 spiro atoms. The number of hydrogen-bond donors (Lipinski definition) is 1. The summed E-state index contributed by atoms with van der Waals surface area (Å²) in [7, 11) is 1.30. The zero-order valence-corrected chi connectivity index (χ0v) is 12.4. The lowest BCUT2D eigenvalue weighted by Crippen LogP contribution is -2.15. The van der Waals surface area contributed by atoms with E-state index in [2.05, 4.69) is 26.1 Å². The van der Waals surface area contributed by atoms with Gasteiger partial charge in [0, 0.05) is 5.69 Å². The molecule has 0 radical (unpaired) electrons. The summed E-state index contributed by atoms with van der Waals surface area (Å²) in [6, 6.07) is 13.0. The van der Waals surface area contributed by atoms with Gasteiger partial charge in [-0.25, -0.2) is 14.8 Å². The Morgan fingerprint density at radius 3 is 2.73 bits per heavy atom. The number of benzene rings is 1. The van der Waals surface area contributed by atoms with Gasteiger partial charge in [0.25, 0.3) is 0 Å².